The van der Waals surface area contributed by atoms with Crippen LogP contribution in [0.15, 0.2) is 0 Å². The molecule has 0 aliphatic rings. The molecule has 4 heteroatoms. The number of carboxylic acid groups (broad SMARTS) is 1. The summed E-state index contributed by atoms with van der Waals surface area (Å²) in [5.74, 6) is -0.833. The number of hydrogen-bond acceptors (Lipinski definition) is 2. The van der Waals surface area contributed by atoms with Gasteiger partial charge in [-0.05, 0) is 0 Å². The van der Waals surface area contributed by atoms with Crippen molar-refractivity contribution in [2.45, 2.75) is 20.3 Å². The molecule has 0 aliphatic carbocycles. The molecule has 0 fully saturated rings. The van der Waals surface area contributed by atoms with Crippen molar-refractivity contribution < 1.29 is 30.7 Å². The Morgan fingerprint density at radius 1 is 1.56 bits per heavy atom. The monoisotopic (exact) mass is 180 g/mol. The summed E-state index contributed by atoms with van der Waals surface area (Å²) in [5.41, 5.74) is 0. The van der Waals surface area contributed by atoms with Crippen LogP contribution in [0.2, 0.25) is 0 Å². The van der Waals surface area contributed by atoms with E-state index in [1.54, 1.807) is 6.92 Å². The van der Waals surface area contributed by atoms with Crippen LogP contribution >= 0.6 is 0 Å². The molecule has 0 atom stereocenters. The fourth-order valence-corrected chi connectivity index (χ4v) is 0. The molecule has 0 aromatic carbocycles. The minimum atomic E-state index is -0.833. The van der Waals surface area contributed by atoms with Gasteiger partial charge in [0.25, 0.3) is 5.97 Å². The van der Waals surface area contributed by atoms with Crippen molar-refractivity contribution in [3.63, 3.8) is 0 Å². The molecule has 0 heterocycles. The Labute approximate surface area is 62.3 Å². The Morgan fingerprint density at radius 3 is 1.67 bits per heavy atom. The Balaban J connectivity index is 0. The molecule has 0 bridgehead atoms. The van der Waals surface area contributed by atoms with Gasteiger partial charge < -0.3 is 5.11 Å². The van der Waals surface area contributed by atoms with Gasteiger partial charge in [-0.3, -0.25) is 4.79 Å². The van der Waals surface area contributed by atoms with Crippen molar-refractivity contribution in [1.29, 1.82) is 0 Å². The third kappa shape index (κ3) is 89.1. The summed E-state index contributed by atoms with van der Waals surface area (Å²) in [6.07, 6.45) is 0.472. The van der Waals surface area contributed by atoms with Crippen LogP contribution in [-0.2, 0) is 25.6 Å². The molecule has 0 radical (unpaired) electrons. The third-order valence-electron chi connectivity index (χ3n) is 0.251. The Kier molecular flexibility index (Phi) is 9.75. The van der Waals surface area contributed by atoms with Gasteiger partial charge in [0, 0.05) is 6.92 Å². The predicted octanol–water partition coefficient (Wildman–Crippen LogP) is 0.561. The summed E-state index contributed by atoms with van der Waals surface area (Å²) in [5, 5.41) is 7.42. The average Bonchev–Trinajstić information content (AvgIpc) is 1.65. The number of carbonyl (C=O) groups is 2. The predicted molar refractivity (Wildman–Crippen MR) is 28.6 cm³/mol. The van der Waals surface area contributed by atoms with E-state index in [0.29, 0.717) is 6.42 Å². The van der Waals surface area contributed by atoms with E-state index in [9.17, 15) is 4.79 Å². The fourth-order valence-electron chi connectivity index (χ4n) is 0. The quantitative estimate of drug-likeness (QED) is 0.600. The zero-order valence-electron chi connectivity index (χ0n) is 5.27. The molecule has 0 saturated carbocycles. The first kappa shape index (κ1) is 11.5. The molecular weight excluding hydrogens is 172 g/mol. The van der Waals surface area contributed by atoms with Gasteiger partial charge in [0.05, 0.1) is 0 Å². The third-order valence-corrected chi connectivity index (χ3v) is 0.584. The molecule has 0 aromatic heterocycles. The Hall–Kier alpha value is -0.341. The molecule has 9 heavy (non-hydrogen) atoms. The summed E-state index contributed by atoms with van der Waals surface area (Å²) >= 11 is 4.27. The van der Waals surface area contributed by atoms with Crippen LogP contribution in [0, 0.1) is 0 Å². The van der Waals surface area contributed by atoms with Gasteiger partial charge in [-0.1, -0.05) is 0 Å². The van der Waals surface area contributed by atoms with Crippen molar-refractivity contribution in [2.24, 2.45) is 0 Å². The molecule has 58 valence electrons. The maximum absolute atomic E-state index is 9.62. The van der Waals surface area contributed by atoms with Gasteiger partial charge in [-0.15, -0.1) is 0 Å². The fraction of sp³-hybridized carbons (Fsp3) is 0.600. The average molecular weight is 181 g/mol. The summed E-state index contributed by atoms with van der Waals surface area (Å²) in [4.78, 5) is 18.6. The van der Waals surface area contributed by atoms with Gasteiger partial charge >= 0.3 is 38.8 Å². The van der Waals surface area contributed by atoms with Crippen LogP contribution in [0.3, 0.4) is 0 Å². The summed E-state index contributed by atoms with van der Waals surface area (Å²) in [6, 6.07) is 0. The number of aliphatic carboxylic acids is 1. The zero-order chi connectivity index (χ0) is 7.86. The van der Waals surface area contributed by atoms with Crippen molar-refractivity contribution >= 4 is 10.7 Å². The van der Waals surface area contributed by atoms with Gasteiger partial charge in [0.1, 0.15) is 0 Å². The molecule has 0 spiro atoms. The van der Waals surface area contributed by atoms with E-state index in [1.165, 1.54) is 0 Å². The first-order valence-corrected chi connectivity index (χ1v) is 2.81. The van der Waals surface area contributed by atoms with E-state index in [1.807, 2.05) is 0 Å². The number of rotatable bonds is 1. The van der Waals surface area contributed by atoms with Crippen LogP contribution in [0.5, 0.6) is 0 Å². The van der Waals surface area contributed by atoms with Crippen LogP contribution in [-0.4, -0.2) is 15.8 Å². The Morgan fingerprint density at radius 2 is 1.67 bits per heavy atom. The van der Waals surface area contributed by atoms with Gasteiger partial charge in [0.15, 0.2) is 0 Å². The summed E-state index contributed by atoms with van der Waals surface area (Å²) in [6.45, 7) is 2.82. The Bertz CT molecular complexity index is 96.4. The minimum absolute atomic E-state index is 0.183. The first-order chi connectivity index (χ1) is 4.00. The standard InChI is InChI=1S/C3H5O.C2H4O2.Cu/c1-2-3-4;1-2(3)4;/h2H2,1H3;1H3,(H,3,4);. The number of hydrogen-bond donors (Lipinski definition) is 1. The summed E-state index contributed by atoms with van der Waals surface area (Å²) < 4.78 is -0.183. The molecule has 0 saturated heterocycles. The van der Waals surface area contributed by atoms with Gasteiger partial charge in [-0.25, -0.2) is 0 Å². The van der Waals surface area contributed by atoms with Crippen molar-refractivity contribution in [3.8, 4) is 0 Å². The van der Waals surface area contributed by atoms with Crippen LogP contribution < -0.4 is 0 Å². The summed E-state index contributed by atoms with van der Waals surface area (Å²) in [7, 11) is 0. The van der Waals surface area contributed by atoms with E-state index in [2.05, 4.69) is 16.0 Å². The number of carboxylic acids is 1. The first-order valence-electron chi connectivity index (χ1n) is 2.34. The molecule has 3 nitrogen and oxygen atoms in total. The molecule has 0 aromatic rings. The van der Waals surface area contributed by atoms with Gasteiger partial charge in [-0.2, -0.15) is 0 Å². The second-order valence-corrected chi connectivity index (χ2v) is 1.71. The molecule has 0 rings (SSSR count). The van der Waals surface area contributed by atoms with Gasteiger partial charge in [0.2, 0.25) is 0 Å². The van der Waals surface area contributed by atoms with Crippen LogP contribution in [0.1, 0.15) is 20.3 Å². The number of carbonyl (C=O) groups excluding carboxylic acids is 1. The van der Waals surface area contributed by atoms with E-state index in [0.717, 1.165) is 6.92 Å². The van der Waals surface area contributed by atoms with E-state index < -0.39 is 5.97 Å². The maximum atomic E-state index is 9.62. The van der Waals surface area contributed by atoms with E-state index in [-0.39, 0.29) is 4.68 Å². The molecule has 0 unspecified atom stereocenters. The van der Waals surface area contributed by atoms with Crippen molar-refractivity contribution in [2.75, 3.05) is 0 Å². The molecular formula is C5H9CuO3. The second-order valence-electron chi connectivity index (χ2n) is 1.19. The van der Waals surface area contributed by atoms with Crippen molar-refractivity contribution in [3.05, 3.63) is 0 Å². The van der Waals surface area contributed by atoms with E-state index >= 15 is 0 Å². The van der Waals surface area contributed by atoms with Crippen LogP contribution in [0.25, 0.3) is 0 Å². The normalized spacial score (nSPS) is 7.11. The molecule has 0 amide bonds. The molecule has 0 aliphatic heterocycles. The zero-order valence-corrected chi connectivity index (χ0v) is 6.21. The van der Waals surface area contributed by atoms with E-state index in [4.69, 9.17) is 9.90 Å². The van der Waals surface area contributed by atoms with Crippen LogP contribution in [0.4, 0.5) is 0 Å². The topological polar surface area (TPSA) is 54.4 Å². The second kappa shape index (κ2) is 7.66. The SMILES string of the molecule is CC(=O)O.CC[C](=O)[Cu]. The molecule has 1 N–H and O–H groups in total. The van der Waals surface area contributed by atoms with Crippen molar-refractivity contribution in [1.82, 2.24) is 0 Å².